The smallest absolute Gasteiger partial charge is 0.270 e. The number of rotatable bonds is 1. The second-order valence-corrected chi connectivity index (χ2v) is 4.78. The van der Waals surface area contributed by atoms with Gasteiger partial charge in [-0.2, -0.15) is 0 Å². The molecule has 1 saturated heterocycles. The fraction of sp³-hybridized carbons (Fsp3) is 0.545. The number of nitrogens with zero attached hydrogens (tertiary/aromatic N) is 2. The van der Waals surface area contributed by atoms with Crippen molar-refractivity contribution < 1.29 is 4.79 Å². The van der Waals surface area contributed by atoms with Gasteiger partial charge in [-0.1, -0.05) is 11.6 Å². The summed E-state index contributed by atoms with van der Waals surface area (Å²) in [5.41, 5.74) is 0.571. The number of aromatic nitrogens is 1. The van der Waals surface area contributed by atoms with Gasteiger partial charge in [0.25, 0.3) is 5.91 Å². The minimum atomic E-state index is 0.0347. The van der Waals surface area contributed by atoms with Crippen molar-refractivity contribution in [2.24, 2.45) is 0 Å². The number of halogens is 1. The molecule has 16 heavy (non-hydrogen) atoms. The van der Waals surface area contributed by atoms with E-state index in [9.17, 15) is 4.79 Å². The Kier molecular flexibility index (Phi) is 3.21. The number of H-pyrrole nitrogens is 1. The molecule has 2 heterocycles. The highest BCUT2D eigenvalue weighted by molar-refractivity contribution is 6.30. The Labute approximate surface area is 100 Å². The summed E-state index contributed by atoms with van der Waals surface area (Å²) in [6.07, 6.45) is 1.63. The SMILES string of the molecule is CC1CN(C)CCN1C(=O)c1cc(Cl)c[nH]1. The zero-order chi connectivity index (χ0) is 11.7. The first-order valence-corrected chi connectivity index (χ1v) is 5.79. The molecule has 1 amide bonds. The van der Waals surface area contributed by atoms with Crippen LogP contribution in [0.1, 0.15) is 17.4 Å². The van der Waals surface area contributed by atoms with E-state index in [1.807, 2.05) is 4.90 Å². The fourth-order valence-corrected chi connectivity index (χ4v) is 2.25. The highest BCUT2D eigenvalue weighted by Crippen LogP contribution is 2.15. The van der Waals surface area contributed by atoms with Crippen LogP contribution < -0.4 is 0 Å². The molecule has 1 fully saturated rings. The molecule has 0 bridgehead atoms. The number of carbonyl (C=O) groups is 1. The Morgan fingerprint density at radius 3 is 2.88 bits per heavy atom. The van der Waals surface area contributed by atoms with E-state index in [0.717, 1.165) is 19.6 Å². The van der Waals surface area contributed by atoms with Crippen LogP contribution in [0.2, 0.25) is 5.02 Å². The first kappa shape index (κ1) is 11.5. The summed E-state index contributed by atoms with van der Waals surface area (Å²) in [5.74, 6) is 0.0347. The molecule has 1 unspecified atom stereocenters. The van der Waals surface area contributed by atoms with Crippen LogP contribution in [-0.2, 0) is 0 Å². The van der Waals surface area contributed by atoms with Crippen molar-refractivity contribution in [3.63, 3.8) is 0 Å². The number of carbonyl (C=O) groups excluding carboxylic acids is 1. The van der Waals surface area contributed by atoms with Gasteiger partial charge in [-0.05, 0) is 20.0 Å². The average molecular weight is 242 g/mol. The van der Waals surface area contributed by atoms with Crippen molar-refractivity contribution in [1.82, 2.24) is 14.8 Å². The molecule has 2 rings (SSSR count). The standard InChI is InChI=1S/C11H16ClN3O/c1-8-7-14(2)3-4-15(8)11(16)10-5-9(12)6-13-10/h5-6,8,13H,3-4,7H2,1-2H3. The highest BCUT2D eigenvalue weighted by Gasteiger charge is 2.27. The third-order valence-electron chi connectivity index (χ3n) is 2.97. The third-order valence-corrected chi connectivity index (χ3v) is 3.19. The summed E-state index contributed by atoms with van der Waals surface area (Å²) in [7, 11) is 2.07. The largest absolute Gasteiger partial charge is 0.356 e. The maximum absolute atomic E-state index is 12.1. The summed E-state index contributed by atoms with van der Waals surface area (Å²) < 4.78 is 0. The predicted octanol–water partition coefficient (Wildman–Crippen LogP) is 1.44. The normalized spacial score (nSPS) is 22.4. The molecule has 5 heteroatoms. The van der Waals surface area contributed by atoms with Crippen molar-refractivity contribution >= 4 is 17.5 Å². The molecular formula is C11H16ClN3O. The van der Waals surface area contributed by atoms with Gasteiger partial charge in [0.05, 0.1) is 5.02 Å². The molecule has 0 saturated carbocycles. The van der Waals surface area contributed by atoms with Gasteiger partial charge in [0, 0.05) is 31.9 Å². The lowest BCUT2D eigenvalue weighted by Crippen LogP contribution is -2.52. The Hall–Kier alpha value is -1.00. The molecule has 1 aromatic heterocycles. The number of amides is 1. The van der Waals surface area contributed by atoms with Gasteiger partial charge in [-0.25, -0.2) is 0 Å². The van der Waals surface area contributed by atoms with E-state index in [-0.39, 0.29) is 11.9 Å². The highest BCUT2D eigenvalue weighted by atomic mass is 35.5. The molecule has 0 aliphatic carbocycles. The van der Waals surface area contributed by atoms with Crippen molar-refractivity contribution in [2.45, 2.75) is 13.0 Å². The van der Waals surface area contributed by atoms with E-state index in [1.54, 1.807) is 12.3 Å². The summed E-state index contributed by atoms with van der Waals surface area (Å²) >= 11 is 5.79. The molecule has 1 aromatic rings. The van der Waals surface area contributed by atoms with Crippen LogP contribution in [0.5, 0.6) is 0 Å². The minimum absolute atomic E-state index is 0.0347. The molecule has 4 nitrogen and oxygen atoms in total. The summed E-state index contributed by atoms with van der Waals surface area (Å²) in [6.45, 7) is 4.68. The molecule has 0 spiro atoms. The average Bonchev–Trinajstić information content (AvgIpc) is 2.64. The van der Waals surface area contributed by atoms with Gasteiger partial charge in [-0.15, -0.1) is 0 Å². The van der Waals surface area contributed by atoms with Gasteiger partial charge in [0.2, 0.25) is 0 Å². The number of nitrogens with one attached hydrogen (secondary N) is 1. The van der Waals surface area contributed by atoms with Crippen molar-refractivity contribution in [3.05, 3.63) is 23.0 Å². The Morgan fingerprint density at radius 1 is 1.56 bits per heavy atom. The molecule has 0 aromatic carbocycles. The topological polar surface area (TPSA) is 39.3 Å². The molecule has 88 valence electrons. The molecule has 0 radical (unpaired) electrons. The minimum Gasteiger partial charge on any atom is -0.356 e. The Balaban J connectivity index is 2.10. The van der Waals surface area contributed by atoms with E-state index < -0.39 is 0 Å². The Morgan fingerprint density at radius 2 is 2.31 bits per heavy atom. The zero-order valence-corrected chi connectivity index (χ0v) is 10.3. The second kappa shape index (κ2) is 4.47. The molecular weight excluding hydrogens is 226 g/mol. The maximum atomic E-state index is 12.1. The number of hydrogen-bond acceptors (Lipinski definition) is 2. The molecule has 1 aliphatic rings. The predicted molar refractivity (Wildman–Crippen MR) is 63.8 cm³/mol. The van der Waals surface area contributed by atoms with Crippen LogP contribution >= 0.6 is 11.6 Å². The van der Waals surface area contributed by atoms with Crippen molar-refractivity contribution in [2.75, 3.05) is 26.7 Å². The van der Waals surface area contributed by atoms with Crippen LogP contribution in [0.15, 0.2) is 12.3 Å². The molecule has 1 N–H and O–H groups in total. The van der Waals surface area contributed by atoms with Gasteiger partial charge in [0.15, 0.2) is 0 Å². The lowest BCUT2D eigenvalue weighted by atomic mass is 10.2. The van der Waals surface area contributed by atoms with Gasteiger partial charge < -0.3 is 14.8 Å². The fourth-order valence-electron chi connectivity index (χ4n) is 2.09. The Bertz CT molecular complexity index is 390. The van der Waals surface area contributed by atoms with E-state index in [1.165, 1.54) is 0 Å². The lowest BCUT2D eigenvalue weighted by molar-refractivity contribution is 0.0528. The van der Waals surface area contributed by atoms with E-state index in [2.05, 4.69) is 23.9 Å². The number of aromatic amines is 1. The second-order valence-electron chi connectivity index (χ2n) is 4.34. The van der Waals surface area contributed by atoms with Gasteiger partial charge in [0.1, 0.15) is 5.69 Å². The van der Waals surface area contributed by atoms with Gasteiger partial charge in [-0.3, -0.25) is 4.79 Å². The molecule has 1 aliphatic heterocycles. The van der Waals surface area contributed by atoms with Crippen LogP contribution in [0.3, 0.4) is 0 Å². The molecule has 1 atom stereocenters. The first-order valence-electron chi connectivity index (χ1n) is 5.41. The summed E-state index contributed by atoms with van der Waals surface area (Å²) in [6, 6.07) is 1.92. The summed E-state index contributed by atoms with van der Waals surface area (Å²) in [5, 5.41) is 0.574. The summed E-state index contributed by atoms with van der Waals surface area (Å²) in [4.78, 5) is 19.2. The van der Waals surface area contributed by atoms with Crippen molar-refractivity contribution in [1.29, 1.82) is 0 Å². The van der Waals surface area contributed by atoms with E-state index >= 15 is 0 Å². The van der Waals surface area contributed by atoms with Crippen LogP contribution in [0.25, 0.3) is 0 Å². The van der Waals surface area contributed by atoms with E-state index in [4.69, 9.17) is 11.6 Å². The van der Waals surface area contributed by atoms with Crippen LogP contribution in [0, 0.1) is 0 Å². The van der Waals surface area contributed by atoms with Crippen LogP contribution in [0.4, 0.5) is 0 Å². The van der Waals surface area contributed by atoms with Crippen LogP contribution in [-0.4, -0.2) is 53.4 Å². The third kappa shape index (κ3) is 2.23. The van der Waals surface area contributed by atoms with Gasteiger partial charge >= 0.3 is 0 Å². The number of hydrogen-bond donors (Lipinski definition) is 1. The van der Waals surface area contributed by atoms with Crippen molar-refractivity contribution in [3.8, 4) is 0 Å². The lowest BCUT2D eigenvalue weighted by Gasteiger charge is -2.37. The van der Waals surface area contributed by atoms with E-state index in [0.29, 0.717) is 10.7 Å². The first-order chi connectivity index (χ1) is 7.58. The zero-order valence-electron chi connectivity index (χ0n) is 9.53. The number of piperazine rings is 1. The quantitative estimate of drug-likeness (QED) is 0.808. The maximum Gasteiger partial charge on any atom is 0.270 e. The monoisotopic (exact) mass is 241 g/mol. The number of likely N-dealkylation sites (N-methyl/N-ethyl adjacent to an activating group) is 1.